The van der Waals surface area contributed by atoms with Crippen molar-refractivity contribution >= 4 is 0 Å². The molecule has 0 aliphatic rings. The van der Waals surface area contributed by atoms with Gasteiger partial charge >= 0.3 is 0 Å². The van der Waals surface area contributed by atoms with Crippen LogP contribution in [0.4, 0.5) is 0 Å². The molecule has 0 heterocycles. The lowest BCUT2D eigenvalue weighted by molar-refractivity contribution is 0.0601. The van der Waals surface area contributed by atoms with Gasteiger partial charge in [0.15, 0.2) is 0 Å². The quantitative estimate of drug-likeness (QED) is 0.596. The number of allylic oxidation sites excluding steroid dienone is 2. The zero-order valence-electron chi connectivity index (χ0n) is 11.4. The van der Waals surface area contributed by atoms with E-state index in [1.807, 2.05) is 6.92 Å². The molecule has 94 valence electrons. The average molecular weight is 224 g/mol. The highest BCUT2D eigenvalue weighted by atomic mass is 16.3. The second-order valence-electron chi connectivity index (χ2n) is 4.44. The van der Waals surface area contributed by atoms with E-state index >= 15 is 0 Å². The van der Waals surface area contributed by atoms with Crippen molar-refractivity contribution in [1.29, 1.82) is 0 Å². The number of hydrogen-bond acceptors (Lipinski definition) is 1. The molecular weight excluding hydrogens is 196 g/mol. The maximum atomic E-state index is 10.7. The monoisotopic (exact) mass is 224 g/mol. The van der Waals surface area contributed by atoms with Gasteiger partial charge in [-0.15, -0.1) is 0 Å². The number of rotatable bonds is 8. The van der Waals surface area contributed by atoms with Crippen LogP contribution in [-0.4, -0.2) is 10.7 Å². The highest BCUT2D eigenvalue weighted by molar-refractivity contribution is 5.28. The molecule has 0 spiro atoms. The molecule has 0 aromatic rings. The third-order valence-corrected chi connectivity index (χ3v) is 2.99. The summed E-state index contributed by atoms with van der Waals surface area (Å²) in [6.07, 6.45) is 12.3. The summed E-state index contributed by atoms with van der Waals surface area (Å²) in [6.45, 7) is 8.44. The van der Waals surface area contributed by atoms with Crippen molar-refractivity contribution in [2.24, 2.45) is 0 Å². The Bertz CT molecular complexity index is 228. The fourth-order valence-electron chi connectivity index (χ4n) is 2.06. The summed E-state index contributed by atoms with van der Waals surface area (Å²) in [7, 11) is 0. The van der Waals surface area contributed by atoms with Crippen LogP contribution in [0.5, 0.6) is 0 Å². The molecule has 0 saturated carbocycles. The van der Waals surface area contributed by atoms with E-state index in [1.54, 1.807) is 0 Å². The predicted molar refractivity (Wildman–Crippen MR) is 72.6 cm³/mol. The summed E-state index contributed by atoms with van der Waals surface area (Å²) in [5.41, 5.74) is 0.482. The topological polar surface area (TPSA) is 20.2 Å². The van der Waals surface area contributed by atoms with E-state index in [-0.39, 0.29) is 0 Å². The van der Waals surface area contributed by atoms with Gasteiger partial charge in [0.25, 0.3) is 0 Å². The smallest absolute Gasteiger partial charge is 0.0893 e. The van der Waals surface area contributed by atoms with E-state index < -0.39 is 5.60 Å². The zero-order chi connectivity index (χ0) is 12.4. The molecule has 1 unspecified atom stereocenters. The van der Waals surface area contributed by atoms with Crippen LogP contribution in [0.15, 0.2) is 23.8 Å². The van der Waals surface area contributed by atoms with Gasteiger partial charge in [0, 0.05) is 0 Å². The fraction of sp³-hybridized carbons (Fsp3) is 0.733. The first-order chi connectivity index (χ1) is 7.64. The molecule has 1 nitrogen and oxygen atoms in total. The van der Waals surface area contributed by atoms with E-state index in [9.17, 15) is 5.11 Å². The van der Waals surface area contributed by atoms with Gasteiger partial charge in [-0.1, -0.05) is 58.3 Å². The molecular formula is C15H28O. The van der Waals surface area contributed by atoms with Gasteiger partial charge < -0.3 is 5.11 Å². The van der Waals surface area contributed by atoms with E-state index in [0.717, 1.165) is 44.1 Å². The molecule has 0 aromatic carbocycles. The van der Waals surface area contributed by atoms with Gasteiger partial charge in [0.05, 0.1) is 5.60 Å². The second kappa shape index (κ2) is 8.58. The summed E-state index contributed by atoms with van der Waals surface area (Å²) in [6, 6.07) is 0. The molecule has 0 amide bonds. The lowest BCUT2D eigenvalue weighted by atomic mass is 9.84. The predicted octanol–water partition coefficient (Wildman–Crippen LogP) is 4.62. The Morgan fingerprint density at radius 2 is 1.81 bits per heavy atom. The van der Waals surface area contributed by atoms with Crippen molar-refractivity contribution < 1.29 is 5.11 Å². The summed E-state index contributed by atoms with van der Waals surface area (Å²) in [5.74, 6) is 0. The van der Waals surface area contributed by atoms with Crippen LogP contribution < -0.4 is 0 Å². The Balaban J connectivity index is 4.76. The van der Waals surface area contributed by atoms with Gasteiger partial charge in [0.1, 0.15) is 0 Å². The third kappa shape index (κ3) is 4.98. The molecule has 1 heteroatoms. The Morgan fingerprint density at radius 3 is 2.25 bits per heavy atom. The average Bonchev–Trinajstić information content (AvgIpc) is 2.28. The van der Waals surface area contributed by atoms with Gasteiger partial charge in [-0.05, 0) is 31.8 Å². The van der Waals surface area contributed by atoms with Crippen molar-refractivity contribution in [2.45, 2.75) is 71.8 Å². The largest absolute Gasteiger partial charge is 0.385 e. The minimum Gasteiger partial charge on any atom is -0.385 e. The van der Waals surface area contributed by atoms with E-state index in [4.69, 9.17) is 0 Å². The molecule has 16 heavy (non-hydrogen) atoms. The van der Waals surface area contributed by atoms with Crippen molar-refractivity contribution in [3.8, 4) is 0 Å². The number of hydrogen-bond donors (Lipinski definition) is 1. The molecule has 0 radical (unpaired) electrons. The molecule has 0 rings (SSSR count). The van der Waals surface area contributed by atoms with Crippen LogP contribution in [0.1, 0.15) is 66.2 Å². The molecule has 0 saturated heterocycles. The first kappa shape index (κ1) is 15.4. The maximum Gasteiger partial charge on any atom is 0.0893 e. The molecule has 1 N–H and O–H groups in total. The minimum atomic E-state index is -0.606. The Morgan fingerprint density at radius 1 is 1.12 bits per heavy atom. The Labute approximate surface area is 101 Å². The summed E-state index contributed by atoms with van der Waals surface area (Å²) in [5, 5.41) is 10.7. The summed E-state index contributed by atoms with van der Waals surface area (Å²) in [4.78, 5) is 0. The number of unbranched alkanes of at least 4 members (excludes halogenated alkanes) is 1. The van der Waals surface area contributed by atoms with Crippen LogP contribution in [0.25, 0.3) is 0 Å². The van der Waals surface area contributed by atoms with Crippen molar-refractivity contribution in [3.63, 3.8) is 0 Å². The first-order valence-corrected chi connectivity index (χ1v) is 6.70. The van der Waals surface area contributed by atoms with Crippen molar-refractivity contribution in [3.05, 3.63) is 23.8 Å². The summed E-state index contributed by atoms with van der Waals surface area (Å²) >= 11 is 0. The van der Waals surface area contributed by atoms with E-state index in [0.29, 0.717) is 0 Å². The van der Waals surface area contributed by atoms with Gasteiger partial charge in [-0.25, -0.2) is 0 Å². The van der Waals surface area contributed by atoms with Crippen LogP contribution >= 0.6 is 0 Å². The number of aliphatic hydroxyl groups is 1. The zero-order valence-corrected chi connectivity index (χ0v) is 11.4. The SMILES string of the molecule is C/C=C(\C=C/CC)C(O)(CCC)CCCC. The molecule has 0 aliphatic carbocycles. The standard InChI is InChI=1S/C15H28O/c1-5-9-11-14(8-4)15(16,12-7-3)13-10-6-2/h8-9,11,16H,5-7,10,12-13H2,1-4H3/b11-9-,14-8+. The fourth-order valence-corrected chi connectivity index (χ4v) is 2.06. The van der Waals surface area contributed by atoms with Crippen molar-refractivity contribution in [2.75, 3.05) is 0 Å². The van der Waals surface area contributed by atoms with Crippen molar-refractivity contribution in [1.82, 2.24) is 0 Å². The van der Waals surface area contributed by atoms with Crippen LogP contribution in [0.2, 0.25) is 0 Å². The summed E-state index contributed by atoms with van der Waals surface area (Å²) < 4.78 is 0. The molecule has 1 atom stereocenters. The highest BCUT2D eigenvalue weighted by Gasteiger charge is 2.27. The van der Waals surface area contributed by atoms with Crippen LogP contribution in [0, 0.1) is 0 Å². The Kier molecular flexibility index (Phi) is 8.28. The van der Waals surface area contributed by atoms with E-state index in [2.05, 4.69) is 39.0 Å². The minimum absolute atomic E-state index is 0.606. The molecule has 0 aromatic heterocycles. The highest BCUT2D eigenvalue weighted by Crippen LogP contribution is 2.29. The van der Waals surface area contributed by atoms with Crippen LogP contribution in [0.3, 0.4) is 0 Å². The normalized spacial score (nSPS) is 16.7. The van der Waals surface area contributed by atoms with E-state index in [1.165, 1.54) is 0 Å². The third-order valence-electron chi connectivity index (χ3n) is 2.99. The molecule has 0 bridgehead atoms. The van der Waals surface area contributed by atoms with Crippen LogP contribution in [-0.2, 0) is 0 Å². The first-order valence-electron chi connectivity index (χ1n) is 6.70. The van der Waals surface area contributed by atoms with Gasteiger partial charge in [-0.2, -0.15) is 0 Å². The van der Waals surface area contributed by atoms with Gasteiger partial charge in [-0.3, -0.25) is 0 Å². The lowest BCUT2D eigenvalue weighted by Crippen LogP contribution is -2.30. The van der Waals surface area contributed by atoms with Gasteiger partial charge in [0.2, 0.25) is 0 Å². The molecule has 0 fully saturated rings. The maximum absolute atomic E-state index is 10.7. The second-order valence-corrected chi connectivity index (χ2v) is 4.44. The lowest BCUT2D eigenvalue weighted by Gasteiger charge is -2.29. The molecule has 0 aliphatic heterocycles. The Hall–Kier alpha value is -0.560.